The maximum absolute atomic E-state index is 2.45. The largest absolute Gasteiger partial charge is 0.0610 e. The average molecular weight is 376 g/mol. The van der Waals surface area contributed by atoms with Gasteiger partial charge in [0.05, 0.1) is 0 Å². The topological polar surface area (TPSA) is 0 Å². The molecule has 6 aromatic rings. The molecule has 0 nitrogen and oxygen atoms in total. The van der Waals surface area contributed by atoms with Crippen LogP contribution in [-0.2, 0) is 0 Å². The van der Waals surface area contributed by atoms with Crippen LogP contribution < -0.4 is 0 Å². The van der Waals surface area contributed by atoms with Crippen LogP contribution in [0.1, 0.15) is 0 Å². The zero-order chi connectivity index (χ0) is 19.4. The maximum atomic E-state index is 2.45. The van der Waals surface area contributed by atoms with E-state index in [0.29, 0.717) is 0 Å². The maximum Gasteiger partial charge on any atom is -0.00137 e. The summed E-state index contributed by atoms with van der Waals surface area (Å²) in [6, 6.07) is 36.2. The third kappa shape index (κ3) is 1.58. The van der Waals surface area contributed by atoms with Crippen molar-refractivity contribution in [3.8, 4) is 11.1 Å². The second-order valence-electron chi connectivity index (χ2n) is 8.49. The van der Waals surface area contributed by atoms with E-state index in [1.165, 1.54) is 75.8 Å². The van der Waals surface area contributed by atoms with Crippen molar-refractivity contribution in [2.24, 2.45) is 0 Å². The molecule has 0 atom stereocenters. The predicted molar refractivity (Wildman–Crippen MR) is 130 cm³/mol. The highest BCUT2D eigenvalue weighted by molar-refractivity contribution is 6.38. The minimum Gasteiger partial charge on any atom is -0.0610 e. The third-order valence-corrected chi connectivity index (χ3v) is 7.11. The Morgan fingerprint density at radius 2 is 0.633 bits per heavy atom. The Balaban J connectivity index is 1.79. The van der Waals surface area contributed by atoms with Gasteiger partial charge in [0, 0.05) is 0 Å². The lowest BCUT2D eigenvalue weighted by molar-refractivity contribution is 1.81. The first kappa shape index (κ1) is 15.0. The molecule has 0 saturated heterocycles. The summed E-state index contributed by atoms with van der Waals surface area (Å²) in [4.78, 5) is 0. The molecule has 6 aromatic carbocycles. The Morgan fingerprint density at radius 1 is 0.300 bits per heavy atom. The molecule has 0 spiro atoms. The van der Waals surface area contributed by atoms with Crippen molar-refractivity contribution in [1.82, 2.24) is 0 Å². The fourth-order valence-electron chi connectivity index (χ4n) is 5.98. The molecular weight excluding hydrogens is 360 g/mol. The van der Waals surface area contributed by atoms with E-state index in [9.17, 15) is 0 Å². The molecular formula is C30H16. The molecule has 30 heavy (non-hydrogen) atoms. The molecule has 0 aliphatic heterocycles. The van der Waals surface area contributed by atoms with Crippen molar-refractivity contribution in [3.05, 3.63) is 97.1 Å². The van der Waals surface area contributed by atoms with Gasteiger partial charge in [-0.3, -0.25) is 0 Å². The lowest BCUT2D eigenvalue weighted by atomic mass is 9.88. The summed E-state index contributed by atoms with van der Waals surface area (Å²) in [5, 5.41) is 16.3. The summed E-state index contributed by atoms with van der Waals surface area (Å²) in [7, 11) is 0. The Morgan fingerprint density at radius 3 is 1.07 bits per heavy atom. The molecule has 0 fully saturated rings. The Bertz CT molecular complexity index is 1740. The van der Waals surface area contributed by atoms with Crippen molar-refractivity contribution in [3.63, 3.8) is 0 Å². The van der Waals surface area contributed by atoms with Crippen LogP contribution in [0, 0.1) is 0 Å². The zero-order valence-corrected chi connectivity index (χ0v) is 16.2. The van der Waals surface area contributed by atoms with E-state index in [4.69, 9.17) is 0 Å². The van der Waals surface area contributed by atoms with Crippen molar-refractivity contribution in [1.29, 1.82) is 0 Å². The summed E-state index contributed by atoms with van der Waals surface area (Å²) >= 11 is 0. The van der Waals surface area contributed by atoms with E-state index >= 15 is 0 Å². The molecule has 0 bridgehead atoms. The zero-order valence-electron chi connectivity index (χ0n) is 16.2. The smallest absolute Gasteiger partial charge is 0.00137 e. The molecule has 136 valence electrons. The molecule has 0 saturated carbocycles. The Kier molecular flexibility index (Phi) is 2.49. The van der Waals surface area contributed by atoms with Crippen molar-refractivity contribution < 1.29 is 0 Å². The molecule has 0 heterocycles. The molecule has 8 rings (SSSR count). The van der Waals surface area contributed by atoms with Crippen LogP contribution in [0.2, 0.25) is 0 Å². The van der Waals surface area contributed by atoms with Gasteiger partial charge in [0.25, 0.3) is 0 Å². The van der Waals surface area contributed by atoms with Crippen LogP contribution in [0.15, 0.2) is 97.1 Å². The first-order valence-corrected chi connectivity index (χ1v) is 10.5. The molecule has 0 unspecified atom stereocenters. The SMILES string of the molecule is c1cc2c3c(cc4c-3c(c1)c1cccc3cccc4c31)c1cccc3cccc2c31. The van der Waals surface area contributed by atoms with Crippen LogP contribution in [0.4, 0.5) is 0 Å². The fraction of sp³-hybridized carbons (Fsp3) is 0. The number of benzene rings is 6. The van der Waals surface area contributed by atoms with Crippen molar-refractivity contribution in [2.75, 3.05) is 0 Å². The van der Waals surface area contributed by atoms with E-state index in [2.05, 4.69) is 97.1 Å². The quantitative estimate of drug-likeness (QED) is 0.248. The minimum atomic E-state index is 1.32. The van der Waals surface area contributed by atoms with Crippen LogP contribution >= 0.6 is 0 Å². The van der Waals surface area contributed by atoms with Gasteiger partial charge in [0.15, 0.2) is 0 Å². The van der Waals surface area contributed by atoms with Crippen LogP contribution in [0.5, 0.6) is 0 Å². The van der Waals surface area contributed by atoms with E-state index in [-0.39, 0.29) is 0 Å². The minimum absolute atomic E-state index is 1.32. The molecule has 0 heteroatoms. The highest BCUT2D eigenvalue weighted by atomic mass is 14.3. The van der Waals surface area contributed by atoms with E-state index < -0.39 is 0 Å². The van der Waals surface area contributed by atoms with Crippen molar-refractivity contribution in [2.45, 2.75) is 0 Å². The first-order chi connectivity index (χ1) is 14.9. The lowest BCUT2D eigenvalue weighted by Crippen LogP contribution is -1.86. The molecule has 0 amide bonds. The fourth-order valence-corrected chi connectivity index (χ4v) is 5.98. The Labute approximate surface area is 173 Å². The molecule has 0 aromatic heterocycles. The Hall–Kier alpha value is -3.90. The van der Waals surface area contributed by atoms with Gasteiger partial charge in [-0.25, -0.2) is 0 Å². The van der Waals surface area contributed by atoms with Gasteiger partial charge in [-0.05, 0) is 81.8 Å². The molecule has 0 radical (unpaired) electrons. The van der Waals surface area contributed by atoms with Gasteiger partial charge in [-0.15, -0.1) is 0 Å². The van der Waals surface area contributed by atoms with Crippen LogP contribution in [0.25, 0.3) is 75.8 Å². The van der Waals surface area contributed by atoms with Crippen LogP contribution in [-0.4, -0.2) is 0 Å². The molecule has 2 aliphatic rings. The van der Waals surface area contributed by atoms with Gasteiger partial charge in [0.2, 0.25) is 0 Å². The average Bonchev–Trinajstić information content (AvgIpc) is 3.07. The van der Waals surface area contributed by atoms with Gasteiger partial charge in [0.1, 0.15) is 0 Å². The standard InChI is InChI=1S/C30H16/c1-6-17-8-3-12-23-25-16-26-24-13-4-9-18-7-2-11-20(28(18)24)22-15-5-14-21(29(25)30(22)26)19(10-1)27(17)23/h1-16H. The first-order valence-electron chi connectivity index (χ1n) is 10.5. The summed E-state index contributed by atoms with van der Waals surface area (Å²) in [5.41, 5.74) is 2.81. The normalized spacial score (nSPS) is 12.7. The second kappa shape index (κ2) is 4.98. The van der Waals surface area contributed by atoms with E-state index in [1.54, 1.807) is 0 Å². The summed E-state index contributed by atoms with van der Waals surface area (Å²) in [5.74, 6) is 0. The number of fused-ring (bicyclic) bond motifs is 4. The van der Waals surface area contributed by atoms with Gasteiger partial charge >= 0.3 is 0 Å². The second-order valence-corrected chi connectivity index (χ2v) is 8.49. The molecule has 2 aliphatic carbocycles. The van der Waals surface area contributed by atoms with Gasteiger partial charge in [-0.2, -0.15) is 0 Å². The van der Waals surface area contributed by atoms with E-state index in [0.717, 1.165) is 0 Å². The van der Waals surface area contributed by atoms with Gasteiger partial charge < -0.3 is 0 Å². The third-order valence-electron chi connectivity index (χ3n) is 7.11. The highest BCUT2D eigenvalue weighted by Gasteiger charge is 2.23. The molecule has 0 N–H and O–H groups in total. The summed E-state index contributed by atoms with van der Waals surface area (Å²) in [6.45, 7) is 0. The number of hydrogen-bond donors (Lipinski definition) is 0. The highest BCUT2D eigenvalue weighted by Crippen LogP contribution is 2.51. The van der Waals surface area contributed by atoms with Gasteiger partial charge in [-0.1, -0.05) is 91.0 Å². The van der Waals surface area contributed by atoms with E-state index in [1.807, 2.05) is 0 Å². The summed E-state index contributed by atoms with van der Waals surface area (Å²) < 4.78 is 0. The lowest BCUT2D eigenvalue weighted by Gasteiger charge is -2.14. The predicted octanol–water partition coefficient (Wildman–Crippen LogP) is 8.59. The number of rotatable bonds is 0. The number of hydrogen-bond acceptors (Lipinski definition) is 0. The summed E-state index contributed by atoms with van der Waals surface area (Å²) in [6.07, 6.45) is 0. The van der Waals surface area contributed by atoms with Crippen LogP contribution in [0.3, 0.4) is 0 Å². The van der Waals surface area contributed by atoms with Crippen molar-refractivity contribution >= 4 is 64.6 Å². The monoisotopic (exact) mass is 376 g/mol.